The Balaban J connectivity index is 1.87. The number of benzene rings is 2. The maximum absolute atomic E-state index is 11.5. The number of hydrogen-bond donors (Lipinski definition) is 4. The Morgan fingerprint density at radius 3 is 1.68 bits per heavy atom. The average Bonchev–Trinajstić information content (AvgIpc) is 2.65. The van der Waals surface area contributed by atoms with Gasteiger partial charge in [0.1, 0.15) is 0 Å². The van der Waals surface area contributed by atoms with Crippen LogP contribution in [0.4, 0.5) is 0 Å². The first kappa shape index (κ1) is 20.6. The Labute approximate surface area is 162 Å². The summed E-state index contributed by atoms with van der Waals surface area (Å²) in [6.07, 6.45) is 3.12. The van der Waals surface area contributed by atoms with Crippen LogP contribution in [0.1, 0.15) is 0 Å². The first-order valence-electron chi connectivity index (χ1n) is 8.40. The van der Waals surface area contributed by atoms with Gasteiger partial charge < -0.3 is 19.6 Å². The molecule has 0 aliphatic carbocycles. The van der Waals surface area contributed by atoms with E-state index in [1.54, 1.807) is 12.3 Å². The van der Waals surface area contributed by atoms with Crippen molar-refractivity contribution in [1.82, 2.24) is 0 Å². The van der Waals surface area contributed by atoms with Gasteiger partial charge in [0.25, 0.3) is 0 Å². The summed E-state index contributed by atoms with van der Waals surface area (Å²) in [5.74, 6) is 0. The van der Waals surface area contributed by atoms with E-state index in [1.165, 1.54) is 10.8 Å². The molecule has 0 radical (unpaired) electrons. The molecule has 2 aromatic carbocycles. The zero-order valence-corrected chi connectivity index (χ0v) is 16.5. The molecule has 0 bridgehead atoms. The SMILES string of the molecule is O=P(O)(O)C(C[n+]1cccc(-c2ccc(-c3ccccc3)cc2)c1)P(=O)(O)O. The number of hydrogen-bond acceptors (Lipinski definition) is 2. The molecule has 0 aliphatic rings. The van der Waals surface area contributed by atoms with Crippen molar-refractivity contribution in [1.29, 1.82) is 0 Å². The zero-order valence-electron chi connectivity index (χ0n) is 14.7. The molecule has 0 aliphatic heterocycles. The largest absolute Gasteiger partial charge is 0.347 e. The van der Waals surface area contributed by atoms with Gasteiger partial charge in [0.2, 0.25) is 5.40 Å². The molecule has 0 spiro atoms. The highest BCUT2D eigenvalue weighted by Gasteiger charge is 2.46. The third kappa shape index (κ3) is 5.03. The molecule has 9 heteroatoms. The first-order valence-corrected chi connectivity index (χ1v) is 11.8. The Morgan fingerprint density at radius 2 is 1.14 bits per heavy atom. The van der Waals surface area contributed by atoms with Gasteiger partial charge in [-0.25, -0.2) is 4.57 Å². The minimum absolute atomic E-state index is 0.496. The maximum Gasteiger partial charge on any atom is 0.347 e. The molecule has 0 unspecified atom stereocenters. The van der Waals surface area contributed by atoms with E-state index in [9.17, 15) is 28.7 Å². The molecule has 0 atom stereocenters. The second-order valence-electron chi connectivity index (χ2n) is 6.39. The summed E-state index contributed by atoms with van der Waals surface area (Å²) >= 11 is 0. The van der Waals surface area contributed by atoms with Crippen LogP contribution >= 0.6 is 15.2 Å². The molecule has 0 saturated heterocycles. The summed E-state index contributed by atoms with van der Waals surface area (Å²) in [5.41, 5.74) is 3.77. The van der Waals surface area contributed by atoms with Crippen molar-refractivity contribution in [2.24, 2.45) is 0 Å². The fourth-order valence-electron chi connectivity index (χ4n) is 2.89. The van der Waals surface area contributed by atoms with E-state index in [-0.39, 0.29) is 0 Å². The second-order valence-corrected chi connectivity index (χ2v) is 10.4. The van der Waals surface area contributed by atoms with Crippen LogP contribution in [0.3, 0.4) is 0 Å². The Kier molecular flexibility index (Phi) is 5.96. The van der Waals surface area contributed by atoms with Crippen LogP contribution in [-0.4, -0.2) is 25.0 Å². The molecule has 4 N–H and O–H groups in total. The number of pyridine rings is 1. The Morgan fingerprint density at radius 1 is 0.679 bits per heavy atom. The van der Waals surface area contributed by atoms with Crippen LogP contribution in [0.5, 0.6) is 0 Å². The highest BCUT2D eigenvalue weighted by molar-refractivity contribution is 7.70. The lowest BCUT2D eigenvalue weighted by atomic mass is 10.0. The van der Waals surface area contributed by atoms with Crippen molar-refractivity contribution in [3.8, 4) is 22.3 Å². The topological polar surface area (TPSA) is 119 Å². The lowest BCUT2D eigenvalue weighted by molar-refractivity contribution is -0.694. The highest BCUT2D eigenvalue weighted by atomic mass is 31.2. The summed E-state index contributed by atoms with van der Waals surface area (Å²) in [7, 11) is -9.95. The van der Waals surface area contributed by atoms with E-state index in [0.29, 0.717) is 0 Å². The highest BCUT2D eigenvalue weighted by Crippen LogP contribution is 2.59. The Bertz CT molecular complexity index is 1020. The lowest BCUT2D eigenvalue weighted by Gasteiger charge is -2.16. The molecule has 28 heavy (non-hydrogen) atoms. The molecule has 0 fully saturated rings. The molecule has 146 valence electrons. The van der Waals surface area contributed by atoms with E-state index >= 15 is 0 Å². The lowest BCUT2D eigenvalue weighted by Crippen LogP contribution is -2.39. The average molecular weight is 420 g/mol. The molecule has 3 aromatic rings. The van der Waals surface area contributed by atoms with E-state index < -0.39 is 27.1 Å². The smallest absolute Gasteiger partial charge is 0.324 e. The van der Waals surface area contributed by atoms with Gasteiger partial charge in [0.15, 0.2) is 18.9 Å². The maximum atomic E-state index is 11.5. The van der Waals surface area contributed by atoms with Gasteiger partial charge in [-0.1, -0.05) is 54.6 Å². The quantitative estimate of drug-likeness (QED) is 0.360. The first-order chi connectivity index (χ1) is 13.1. The Hall–Kier alpha value is -2.11. The predicted octanol–water partition coefficient (Wildman–Crippen LogP) is 2.99. The van der Waals surface area contributed by atoms with Gasteiger partial charge in [-0.15, -0.1) is 0 Å². The van der Waals surface area contributed by atoms with E-state index in [4.69, 9.17) is 0 Å². The summed E-state index contributed by atoms with van der Waals surface area (Å²) < 4.78 is 24.4. The van der Waals surface area contributed by atoms with Crippen LogP contribution in [0, 0.1) is 0 Å². The number of rotatable bonds is 6. The van der Waals surface area contributed by atoms with Crippen molar-refractivity contribution in [3.05, 3.63) is 79.1 Å². The summed E-state index contributed by atoms with van der Waals surface area (Å²) in [6.45, 7) is -0.496. The summed E-state index contributed by atoms with van der Waals surface area (Å²) in [4.78, 5) is 37.2. The monoisotopic (exact) mass is 420 g/mol. The second kappa shape index (κ2) is 8.10. The molecule has 0 amide bonds. The molecule has 3 rings (SSSR count). The van der Waals surface area contributed by atoms with Crippen molar-refractivity contribution in [2.75, 3.05) is 0 Å². The fourth-order valence-corrected chi connectivity index (χ4v) is 5.26. The van der Waals surface area contributed by atoms with Crippen molar-refractivity contribution in [2.45, 2.75) is 11.9 Å². The van der Waals surface area contributed by atoms with Crippen LogP contribution < -0.4 is 4.57 Å². The van der Waals surface area contributed by atoms with Crippen LogP contribution in [-0.2, 0) is 15.7 Å². The predicted molar refractivity (Wildman–Crippen MR) is 105 cm³/mol. The molecular formula is C19H20NO6P2+. The molecular weight excluding hydrogens is 400 g/mol. The van der Waals surface area contributed by atoms with Crippen molar-refractivity contribution < 1.29 is 33.3 Å². The third-order valence-corrected chi connectivity index (χ3v) is 8.02. The number of aromatic nitrogens is 1. The standard InChI is InChI=1S/C19H19NO6P2/c21-27(22,23)19(28(24,25)26)14-20-12-4-7-18(13-20)17-10-8-16(9-11-17)15-5-2-1-3-6-15/h1-13,19H,14H2,(H3-,21,22,23,24,25,26)/p+1. The van der Waals surface area contributed by atoms with Gasteiger partial charge in [0, 0.05) is 11.6 Å². The minimum atomic E-state index is -4.97. The van der Waals surface area contributed by atoms with E-state index in [1.807, 2.05) is 60.7 Å². The van der Waals surface area contributed by atoms with Gasteiger partial charge in [-0.2, -0.15) is 0 Å². The summed E-state index contributed by atoms with van der Waals surface area (Å²) in [5, 5.41) is -2.08. The van der Waals surface area contributed by atoms with Gasteiger partial charge in [0.05, 0.1) is 0 Å². The molecule has 7 nitrogen and oxygen atoms in total. The van der Waals surface area contributed by atoms with E-state index in [2.05, 4.69) is 0 Å². The zero-order chi connectivity index (χ0) is 20.4. The van der Waals surface area contributed by atoms with Crippen LogP contribution in [0.2, 0.25) is 0 Å². The van der Waals surface area contributed by atoms with Gasteiger partial charge in [-0.3, -0.25) is 9.13 Å². The third-order valence-electron chi connectivity index (χ3n) is 4.33. The van der Waals surface area contributed by atoms with Crippen LogP contribution in [0.25, 0.3) is 22.3 Å². The normalized spacial score (nSPS) is 12.3. The van der Waals surface area contributed by atoms with Gasteiger partial charge in [-0.05, 0) is 22.8 Å². The molecule has 0 saturated carbocycles. The molecule has 1 heterocycles. The number of nitrogens with zero attached hydrogens (tertiary/aromatic N) is 1. The molecule has 1 aromatic heterocycles. The van der Waals surface area contributed by atoms with E-state index in [0.717, 1.165) is 22.3 Å². The summed E-state index contributed by atoms with van der Waals surface area (Å²) in [6, 6.07) is 21.1. The minimum Gasteiger partial charge on any atom is -0.324 e. The van der Waals surface area contributed by atoms with Crippen molar-refractivity contribution >= 4 is 15.2 Å². The van der Waals surface area contributed by atoms with Gasteiger partial charge >= 0.3 is 15.2 Å². The van der Waals surface area contributed by atoms with Crippen LogP contribution in [0.15, 0.2) is 79.1 Å². The fraction of sp³-hybridized carbons (Fsp3) is 0.105. The van der Waals surface area contributed by atoms with Crippen molar-refractivity contribution in [3.63, 3.8) is 0 Å².